The van der Waals surface area contributed by atoms with Gasteiger partial charge in [0.25, 0.3) is 0 Å². The van der Waals surface area contributed by atoms with Crippen LogP contribution in [0, 0.1) is 0 Å². The van der Waals surface area contributed by atoms with E-state index in [1.807, 2.05) is 36.4 Å². The zero-order chi connectivity index (χ0) is 19.5. The first kappa shape index (κ1) is 18.6. The quantitative estimate of drug-likeness (QED) is 0.755. The number of methoxy groups -OCH3 is 1. The van der Waals surface area contributed by atoms with Crippen LogP contribution in [-0.4, -0.2) is 37.4 Å². The lowest BCUT2D eigenvalue weighted by Crippen LogP contribution is -2.42. The third-order valence-electron chi connectivity index (χ3n) is 5.13. The van der Waals surface area contributed by atoms with E-state index in [4.69, 9.17) is 26.4 Å². The number of ether oxygens (including phenoxy) is 3. The largest absolute Gasteiger partial charge is 0.497 e. The van der Waals surface area contributed by atoms with Crippen molar-refractivity contribution >= 4 is 23.3 Å². The molecule has 0 bridgehead atoms. The van der Waals surface area contributed by atoms with Gasteiger partial charge in [0.15, 0.2) is 0 Å². The number of fused-ring (bicyclic) bond motifs is 1. The van der Waals surface area contributed by atoms with Gasteiger partial charge in [0.05, 0.1) is 24.7 Å². The predicted octanol–water partition coefficient (Wildman–Crippen LogP) is 2.94. The molecule has 1 saturated heterocycles. The van der Waals surface area contributed by atoms with Crippen molar-refractivity contribution in [1.29, 1.82) is 0 Å². The number of carbonyl (C=O) groups is 1. The Balaban J connectivity index is 1.38. The molecule has 1 amide bonds. The number of alkyl carbamates (subject to hydrolysis) is 1. The van der Waals surface area contributed by atoms with Crippen molar-refractivity contribution in [3.63, 3.8) is 0 Å². The highest BCUT2D eigenvalue weighted by Crippen LogP contribution is 2.31. The minimum atomic E-state index is -0.485. The first-order valence-corrected chi connectivity index (χ1v) is 9.64. The van der Waals surface area contributed by atoms with Crippen LogP contribution in [0.25, 0.3) is 0 Å². The van der Waals surface area contributed by atoms with Crippen molar-refractivity contribution < 1.29 is 19.0 Å². The van der Waals surface area contributed by atoms with Gasteiger partial charge in [0, 0.05) is 18.9 Å². The molecule has 0 aromatic heterocycles. The molecule has 1 fully saturated rings. The lowest BCUT2D eigenvalue weighted by Gasteiger charge is -2.20. The van der Waals surface area contributed by atoms with Crippen LogP contribution in [0.15, 0.2) is 42.5 Å². The summed E-state index contributed by atoms with van der Waals surface area (Å²) in [5.74, 6) is 1.77. The Morgan fingerprint density at radius 1 is 1.29 bits per heavy atom. The summed E-state index contributed by atoms with van der Waals surface area (Å²) >= 11 is 5.42. The maximum absolute atomic E-state index is 12.3. The van der Waals surface area contributed by atoms with Crippen LogP contribution in [0.1, 0.15) is 22.6 Å². The van der Waals surface area contributed by atoms with Gasteiger partial charge in [-0.15, -0.1) is 0 Å². The number of benzene rings is 2. The molecule has 0 aliphatic carbocycles. The monoisotopic (exact) mass is 398 g/mol. The van der Waals surface area contributed by atoms with E-state index in [0.717, 1.165) is 35.7 Å². The molecule has 2 aliphatic rings. The molecule has 0 saturated carbocycles. The van der Waals surface area contributed by atoms with Gasteiger partial charge in [-0.1, -0.05) is 36.5 Å². The second-order valence-electron chi connectivity index (χ2n) is 6.86. The standard InChI is InChI=1S/C21H22N2O4S/c1-25-16-5-2-13(3-6-16)12-27-21(24)23-19-17(11-22-20(19)28)14-4-7-18-15(10-14)8-9-26-18/h2-7,10,17,19H,8-9,11-12H2,1H3,(H,22,28)(H,23,24)/t17-,19-/m0/s1. The number of hydrogen-bond donors (Lipinski definition) is 2. The SMILES string of the molecule is COc1ccc(COC(=O)N[C@@H]2C(=S)NC[C@H]2c2ccc3c(c2)CCO3)cc1. The van der Waals surface area contributed by atoms with Crippen LogP contribution in [0.4, 0.5) is 4.79 Å². The lowest BCUT2D eigenvalue weighted by molar-refractivity contribution is 0.137. The molecule has 2 atom stereocenters. The van der Waals surface area contributed by atoms with E-state index in [2.05, 4.69) is 16.7 Å². The Labute approximate surface area is 169 Å². The summed E-state index contributed by atoms with van der Waals surface area (Å²) in [6.07, 6.45) is 0.428. The van der Waals surface area contributed by atoms with E-state index in [0.29, 0.717) is 11.5 Å². The smallest absolute Gasteiger partial charge is 0.408 e. The summed E-state index contributed by atoms with van der Waals surface area (Å²) in [6.45, 7) is 1.59. The predicted molar refractivity (Wildman–Crippen MR) is 109 cm³/mol. The zero-order valence-corrected chi connectivity index (χ0v) is 16.4. The second-order valence-corrected chi connectivity index (χ2v) is 7.30. The Morgan fingerprint density at radius 2 is 2.11 bits per heavy atom. The zero-order valence-electron chi connectivity index (χ0n) is 15.6. The molecular formula is C21H22N2O4S. The van der Waals surface area contributed by atoms with E-state index < -0.39 is 6.09 Å². The van der Waals surface area contributed by atoms with E-state index >= 15 is 0 Å². The molecule has 2 heterocycles. The van der Waals surface area contributed by atoms with Gasteiger partial charge < -0.3 is 24.8 Å². The fraction of sp³-hybridized carbons (Fsp3) is 0.333. The van der Waals surface area contributed by atoms with Crippen LogP contribution in [0.3, 0.4) is 0 Å². The molecule has 6 nitrogen and oxygen atoms in total. The molecule has 2 aromatic carbocycles. The summed E-state index contributed by atoms with van der Waals surface area (Å²) < 4.78 is 16.1. The normalized spacial score (nSPS) is 20.1. The number of rotatable bonds is 5. The molecule has 0 unspecified atom stereocenters. The molecule has 2 aromatic rings. The van der Waals surface area contributed by atoms with Crippen LogP contribution >= 0.6 is 12.2 Å². The van der Waals surface area contributed by atoms with Gasteiger partial charge in [0.1, 0.15) is 18.1 Å². The maximum atomic E-state index is 12.3. The summed E-state index contributed by atoms with van der Waals surface area (Å²) in [5.41, 5.74) is 3.23. The molecule has 4 rings (SSSR count). The minimum absolute atomic E-state index is 0.0620. The summed E-state index contributed by atoms with van der Waals surface area (Å²) in [5, 5.41) is 6.11. The minimum Gasteiger partial charge on any atom is -0.497 e. The summed E-state index contributed by atoms with van der Waals surface area (Å²) in [6, 6.07) is 13.3. The average Bonchev–Trinajstić information content (AvgIpc) is 3.33. The Kier molecular flexibility index (Phi) is 5.34. The van der Waals surface area contributed by atoms with Crippen LogP contribution in [0.2, 0.25) is 0 Å². The van der Waals surface area contributed by atoms with Gasteiger partial charge >= 0.3 is 6.09 Å². The highest BCUT2D eigenvalue weighted by atomic mass is 32.1. The molecule has 0 spiro atoms. The summed E-state index contributed by atoms with van der Waals surface area (Å²) in [7, 11) is 1.61. The second kappa shape index (κ2) is 8.06. The molecule has 2 aliphatic heterocycles. The third kappa shape index (κ3) is 3.89. The van der Waals surface area contributed by atoms with Crippen molar-refractivity contribution in [2.45, 2.75) is 25.0 Å². The first-order valence-electron chi connectivity index (χ1n) is 9.23. The van der Waals surface area contributed by atoms with Crippen molar-refractivity contribution in [2.24, 2.45) is 0 Å². The number of thiocarbonyl (C=S) groups is 1. The fourth-order valence-electron chi connectivity index (χ4n) is 3.57. The molecule has 0 radical (unpaired) electrons. The van der Waals surface area contributed by atoms with Crippen LogP contribution in [-0.2, 0) is 17.8 Å². The highest BCUT2D eigenvalue weighted by Gasteiger charge is 2.35. The molecule has 2 N–H and O–H groups in total. The van der Waals surface area contributed by atoms with Crippen molar-refractivity contribution in [2.75, 3.05) is 20.3 Å². The van der Waals surface area contributed by atoms with Crippen molar-refractivity contribution in [3.8, 4) is 11.5 Å². The summed E-state index contributed by atoms with van der Waals surface area (Å²) in [4.78, 5) is 13.0. The Bertz CT molecular complexity index is 884. The lowest BCUT2D eigenvalue weighted by atomic mass is 9.92. The number of amides is 1. The Hall–Kier alpha value is -2.80. The van der Waals surface area contributed by atoms with E-state index in [1.165, 1.54) is 5.56 Å². The van der Waals surface area contributed by atoms with Gasteiger partial charge in [-0.25, -0.2) is 4.79 Å². The Morgan fingerprint density at radius 3 is 2.89 bits per heavy atom. The van der Waals surface area contributed by atoms with Gasteiger partial charge in [-0.3, -0.25) is 0 Å². The molecular weight excluding hydrogens is 376 g/mol. The van der Waals surface area contributed by atoms with Crippen molar-refractivity contribution in [1.82, 2.24) is 10.6 Å². The molecule has 146 valence electrons. The number of carbonyl (C=O) groups excluding carboxylic acids is 1. The van der Waals surface area contributed by atoms with Gasteiger partial charge in [-0.05, 0) is 34.9 Å². The van der Waals surface area contributed by atoms with Crippen LogP contribution in [0.5, 0.6) is 11.5 Å². The number of hydrogen-bond acceptors (Lipinski definition) is 5. The van der Waals surface area contributed by atoms with Gasteiger partial charge in [-0.2, -0.15) is 0 Å². The average molecular weight is 398 g/mol. The molecule has 7 heteroatoms. The van der Waals surface area contributed by atoms with E-state index in [-0.39, 0.29) is 18.6 Å². The third-order valence-corrected chi connectivity index (χ3v) is 5.52. The van der Waals surface area contributed by atoms with Crippen molar-refractivity contribution in [3.05, 3.63) is 59.2 Å². The molecule has 28 heavy (non-hydrogen) atoms. The number of nitrogens with one attached hydrogen (secondary N) is 2. The topological polar surface area (TPSA) is 68.8 Å². The fourth-order valence-corrected chi connectivity index (χ4v) is 3.88. The first-order chi connectivity index (χ1) is 13.6. The van der Waals surface area contributed by atoms with E-state index in [1.54, 1.807) is 7.11 Å². The van der Waals surface area contributed by atoms with E-state index in [9.17, 15) is 4.79 Å². The van der Waals surface area contributed by atoms with Crippen LogP contribution < -0.4 is 20.1 Å². The highest BCUT2D eigenvalue weighted by molar-refractivity contribution is 7.80. The maximum Gasteiger partial charge on any atom is 0.408 e. The van der Waals surface area contributed by atoms with Gasteiger partial charge in [0.2, 0.25) is 0 Å².